The highest BCUT2D eigenvalue weighted by atomic mass is 32.2. The fourth-order valence-corrected chi connectivity index (χ4v) is 3.37. The van der Waals surface area contributed by atoms with Crippen LogP contribution in [0.2, 0.25) is 0 Å². The molecule has 0 aliphatic carbocycles. The molecule has 0 aliphatic heterocycles. The molecule has 1 rings (SSSR count). The van der Waals surface area contributed by atoms with E-state index in [4.69, 9.17) is 5.14 Å². The molecule has 1 aromatic carbocycles. The molecule has 0 saturated heterocycles. The summed E-state index contributed by atoms with van der Waals surface area (Å²) in [6.07, 6.45) is -0.0507. The van der Waals surface area contributed by atoms with E-state index in [-0.39, 0.29) is 11.3 Å². The molecule has 17 heavy (non-hydrogen) atoms. The lowest BCUT2D eigenvalue weighted by Gasteiger charge is -2.13. The standard InChI is InChI=1S/C9H13NO5S2/c1-2-9(16(10,11)12)15-17(13,14)8-6-4-3-5-7-8/h3-7,9H,2H2,1H3,(H2,10,11,12). The number of benzene rings is 1. The van der Waals surface area contributed by atoms with Gasteiger partial charge in [-0.15, -0.1) is 0 Å². The third-order valence-corrected chi connectivity index (χ3v) is 4.59. The zero-order valence-corrected chi connectivity index (χ0v) is 10.7. The lowest BCUT2D eigenvalue weighted by Crippen LogP contribution is -2.32. The highest BCUT2D eigenvalue weighted by molar-refractivity contribution is 7.91. The monoisotopic (exact) mass is 279 g/mol. The largest absolute Gasteiger partial charge is 0.298 e. The van der Waals surface area contributed by atoms with Crippen molar-refractivity contribution in [3.63, 3.8) is 0 Å². The number of hydrogen-bond acceptors (Lipinski definition) is 5. The van der Waals surface area contributed by atoms with Gasteiger partial charge in [-0.25, -0.2) is 17.7 Å². The number of nitrogens with two attached hydrogens (primary N) is 1. The number of primary sulfonamides is 1. The Morgan fingerprint density at radius 2 is 1.71 bits per heavy atom. The Morgan fingerprint density at radius 3 is 2.12 bits per heavy atom. The van der Waals surface area contributed by atoms with Crippen LogP contribution in [0, 0.1) is 0 Å². The first kappa shape index (κ1) is 14.1. The molecule has 0 radical (unpaired) electrons. The van der Waals surface area contributed by atoms with Crippen LogP contribution in [0.25, 0.3) is 0 Å². The lowest BCUT2D eigenvalue weighted by atomic mass is 10.4. The van der Waals surface area contributed by atoms with Gasteiger partial charge < -0.3 is 0 Å². The first-order chi connectivity index (χ1) is 7.77. The summed E-state index contributed by atoms with van der Waals surface area (Å²) >= 11 is 0. The van der Waals surface area contributed by atoms with Crippen molar-refractivity contribution >= 4 is 20.1 Å². The fraction of sp³-hybridized carbons (Fsp3) is 0.333. The fourth-order valence-electron chi connectivity index (χ4n) is 1.14. The second kappa shape index (κ2) is 5.13. The van der Waals surface area contributed by atoms with Crippen molar-refractivity contribution in [1.82, 2.24) is 0 Å². The smallest absolute Gasteiger partial charge is 0.245 e. The van der Waals surface area contributed by atoms with E-state index in [2.05, 4.69) is 4.18 Å². The molecule has 8 heteroatoms. The highest BCUT2D eigenvalue weighted by Gasteiger charge is 2.28. The molecule has 6 nitrogen and oxygen atoms in total. The molecular weight excluding hydrogens is 266 g/mol. The summed E-state index contributed by atoms with van der Waals surface area (Å²) < 4.78 is 50.1. The zero-order valence-electron chi connectivity index (χ0n) is 9.11. The van der Waals surface area contributed by atoms with E-state index < -0.39 is 25.6 Å². The van der Waals surface area contributed by atoms with Gasteiger partial charge in [-0.2, -0.15) is 8.42 Å². The van der Waals surface area contributed by atoms with E-state index >= 15 is 0 Å². The summed E-state index contributed by atoms with van der Waals surface area (Å²) in [6, 6.07) is 7.27. The molecule has 0 saturated carbocycles. The van der Waals surface area contributed by atoms with Crippen LogP contribution < -0.4 is 5.14 Å². The predicted octanol–water partition coefficient (Wildman–Crippen LogP) is 0.417. The molecular formula is C9H13NO5S2. The average molecular weight is 279 g/mol. The average Bonchev–Trinajstić information content (AvgIpc) is 2.25. The Morgan fingerprint density at radius 1 is 1.18 bits per heavy atom. The van der Waals surface area contributed by atoms with Gasteiger partial charge in [0.05, 0.1) is 4.90 Å². The predicted molar refractivity (Wildman–Crippen MR) is 61.9 cm³/mol. The van der Waals surface area contributed by atoms with E-state index in [0.29, 0.717) is 0 Å². The van der Waals surface area contributed by atoms with Crippen LogP contribution in [0.5, 0.6) is 0 Å². The Labute approximate surface area is 101 Å². The van der Waals surface area contributed by atoms with Crippen LogP contribution in [-0.4, -0.2) is 22.3 Å². The molecule has 0 spiro atoms. The number of hydrogen-bond donors (Lipinski definition) is 1. The summed E-state index contributed by atoms with van der Waals surface area (Å²) in [4.78, 5) is -0.109. The van der Waals surface area contributed by atoms with Gasteiger partial charge in [-0.3, -0.25) is 0 Å². The molecule has 2 N–H and O–H groups in total. The van der Waals surface area contributed by atoms with Crippen molar-refractivity contribution in [2.75, 3.05) is 0 Å². The summed E-state index contributed by atoms with van der Waals surface area (Å²) in [5.41, 5.74) is -1.56. The topological polar surface area (TPSA) is 104 Å². The normalized spacial score (nSPS) is 14.5. The summed E-state index contributed by atoms with van der Waals surface area (Å²) in [6.45, 7) is 1.47. The van der Waals surface area contributed by atoms with Gasteiger partial charge in [0.25, 0.3) is 10.1 Å². The van der Waals surface area contributed by atoms with Crippen LogP contribution in [-0.2, 0) is 24.3 Å². The van der Waals surface area contributed by atoms with Gasteiger partial charge in [0.1, 0.15) is 0 Å². The maximum atomic E-state index is 11.7. The Kier molecular flexibility index (Phi) is 4.26. The number of rotatable bonds is 5. The van der Waals surface area contributed by atoms with E-state index in [1.165, 1.54) is 31.2 Å². The van der Waals surface area contributed by atoms with Crippen molar-refractivity contribution in [1.29, 1.82) is 0 Å². The second-order valence-corrected chi connectivity index (χ2v) is 6.57. The summed E-state index contributed by atoms with van der Waals surface area (Å²) in [7, 11) is -8.17. The Bertz CT molecular complexity index is 565. The van der Waals surface area contributed by atoms with Crippen LogP contribution in [0.1, 0.15) is 13.3 Å². The van der Waals surface area contributed by atoms with E-state index in [0.717, 1.165) is 0 Å². The quantitative estimate of drug-likeness (QED) is 0.786. The third-order valence-electron chi connectivity index (χ3n) is 1.97. The summed E-state index contributed by atoms with van der Waals surface area (Å²) in [5, 5.41) is 4.86. The van der Waals surface area contributed by atoms with E-state index in [1.807, 2.05) is 0 Å². The van der Waals surface area contributed by atoms with Gasteiger partial charge in [-0.1, -0.05) is 25.1 Å². The lowest BCUT2D eigenvalue weighted by molar-refractivity contribution is 0.273. The molecule has 1 aromatic rings. The molecule has 0 fully saturated rings. The molecule has 0 amide bonds. The molecule has 0 aromatic heterocycles. The van der Waals surface area contributed by atoms with Crippen LogP contribution in [0.3, 0.4) is 0 Å². The zero-order chi connectivity index (χ0) is 13.1. The first-order valence-corrected chi connectivity index (χ1v) is 7.79. The maximum Gasteiger partial charge on any atom is 0.298 e. The maximum absolute atomic E-state index is 11.7. The molecule has 96 valence electrons. The molecule has 0 aliphatic rings. The van der Waals surface area contributed by atoms with E-state index in [1.54, 1.807) is 6.07 Å². The van der Waals surface area contributed by atoms with Gasteiger partial charge in [0.15, 0.2) is 5.44 Å². The first-order valence-electron chi connectivity index (χ1n) is 4.77. The van der Waals surface area contributed by atoms with Gasteiger partial charge in [-0.05, 0) is 18.6 Å². The highest BCUT2D eigenvalue weighted by Crippen LogP contribution is 2.16. The Hall–Kier alpha value is -0.960. The van der Waals surface area contributed by atoms with Crippen molar-refractivity contribution in [2.24, 2.45) is 5.14 Å². The molecule has 1 atom stereocenters. The van der Waals surface area contributed by atoms with Crippen molar-refractivity contribution in [2.45, 2.75) is 23.7 Å². The van der Waals surface area contributed by atoms with E-state index in [9.17, 15) is 16.8 Å². The minimum atomic E-state index is -4.11. The Balaban J connectivity index is 3.03. The van der Waals surface area contributed by atoms with Gasteiger partial charge in [0, 0.05) is 0 Å². The molecule has 0 heterocycles. The van der Waals surface area contributed by atoms with Gasteiger partial charge in [0.2, 0.25) is 10.0 Å². The van der Waals surface area contributed by atoms with Crippen LogP contribution in [0.4, 0.5) is 0 Å². The van der Waals surface area contributed by atoms with Crippen molar-refractivity contribution < 1.29 is 21.0 Å². The third kappa shape index (κ3) is 3.77. The van der Waals surface area contributed by atoms with Crippen LogP contribution >= 0.6 is 0 Å². The van der Waals surface area contributed by atoms with Gasteiger partial charge >= 0.3 is 0 Å². The van der Waals surface area contributed by atoms with Crippen molar-refractivity contribution in [3.05, 3.63) is 30.3 Å². The molecule has 1 unspecified atom stereocenters. The second-order valence-electron chi connectivity index (χ2n) is 3.29. The minimum absolute atomic E-state index is 0.0507. The SMILES string of the molecule is CCC(OS(=O)(=O)c1ccccc1)S(N)(=O)=O. The van der Waals surface area contributed by atoms with Crippen molar-refractivity contribution in [3.8, 4) is 0 Å². The minimum Gasteiger partial charge on any atom is -0.245 e. The summed E-state index contributed by atoms with van der Waals surface area (Å²) in [5.74, 6) is 0. The van der Waals surface area contributed by atoms with Crippen LogP contribution in [0.15, 0.2) is 35.2 Å². The number of sulfonamides is 1. The molecule has 0 bridgehead atoms.